The Labute approximate surface area is 198 Å². The van der Waals surface area contributed by atoms with E-state index >= 15 is 0 Å². The van der Waals surface area contributed by atoms with Crippen LogP contribution in [-0.4, -0.2) is 45.9 Å². The highest BCUT2D eigenvalue weighted by molar-refractivity contribution is 5.93. The molecule has 2 amide bonds. The lowest BCUT2D eigenvalue weighted by Gasteiger charge is -2.19. The van der Waals surface area contributed by atoms with Gasteiger partial charge in [0.15, 0.2) is 0 Å². The monoisotopic (exact) mass is 459 g/mol. The molecule has 0 bridgehead atoms. The number of benzene rings is 2. The second kappa shape index (κ2) is 11.4. The molecule has 1 aliphatic rings. The molecule has 0 atom stereocenters. The molecule has 8 nitrogen and oxygen atoms in total. The predicted molar refractivity (Wildman–Crippen MR) is 133 cm³/mol. The van der Waals surface area contributed by atoms with E-state index in [4.69, 9.17) is 0 Å². The average molecular weight is 460 g/mol. The molecule has 2 N–H and O–H groups in total. The topological polar surface area (TPSA) is 96.3 Å². The third kappa shape index (κ3) is 6.62. The molecule has 8 heteroatoms. The van der Waals surface area contributed by atoms with E-state index in [0.29, 0.717) is 23.6 Å². The van der Waals surface area contributed by atoms with Gasteiger partial charge < -0.3 is 10.6 Å². The standard InChI is InChI=1S/C26H29N5O3/c32-24(17-30-14-6-1-2-7-15-30)28-21-10-12-22(13-11-21)29-25(33)18-31-19-27-23(16-26(31)34)20-8-4-3-5-9-20/h3-5,8-13,16,19H,1-2,6-7,14-15,17-18H2,(H,28,32)(H,29,33). The van der Waals surface area contributed by atoms with Gasteiger partial charge in [-0.3, -0.25) is 23.9 Å². The molecular formula is C26H29N5O3. The van der Waals surface area contributed by atoms with Gasteiger partial charge in [-0.25, -0.2) is 4.98 Å². The summed E-state index contributed by atoms with van der Waals surface area (Å²) in [5, 5.41) is 5.68. The molecule has 0 radical (unpaired) electrons. The number of carbonyl (C=O) groups excluding carboxylic acids is 2. The SMILES string of the molecule is O=C(CN1CCCCCC1)Nc1ccc(NC(=O)Cn2cnc(-c3ccccc3)cc2=O)cc1. The molecule has 0 unspecified atom stereocenters. The Balaban J connectivity index is 1.29. The van der Waals surface area contributed by atoms with Crippen molar-refractivity contribution in [2.45, 2.75) is 32.2 Å². The van der Waals surface area contributed by atoms with E-state index in [0.717, 1.165) is 31.5 Å². The van der Waals surface area contributed by atoms with E-state index in [1.807, 2.05) is 30.3 Å². The Kier molecular flexibility index (Phi) is 7.83. The van der Waals surface area contributed by atoms with Crippen molar-refractivity contribution >= 4 is 23.2 Å². The normalized spacial score (nSPS) is 14.2. The Morgan fingerprint density at radius 3 is 1.97 bits per heavy atom. The molecule has 4 rings (SSSR count). The highest BCUT2D eigenvalue weighted by atomic mass is 16.2. The van der Waals surface area contributed by atoms with Crippen molar-refractivity contribution in [2.75, 3.05) is 30.3 Å². The molecule has 0 aliphatic carbocycles. The van der Waals surface area contributed by atoms with Gasteiger partial charge in [0, 0.05) is 23.0 Å². The molecule has 176 valence electrons. The van der Waals surface area contributed by atoms with E-state index in [1.54, 1.807) is 24.3 Å². The maximum Gasteiger partial charge on any atom is 0.254 e. The molecular weight excluding hydrogens is 430 g/mol. The van der Waals surface area contributed by atoms with Crippen LogP contribution in [0.3, 0.4) is 0 Å². The second-order valence-corrected chi connectivity index (χ2v) is 8.47. The zero-order valence-electron chi connectivity index (χ0n) is 19.1. The first-order valence-electron chi connectivity index (χ1n) is 11.6. The van der Waals surface area contributed by atoms with Crippen LogP contribution < -0.4 is 16.2 Å². The summed E-state index contributed by atoms with van der Waals surface area (Å²) in [5.74, 6) is -0.376. The summed E-state index contributed by atoms with van der Waals surface area (Å²) in [7, 11) is 0. The third-order valence-electron chi connectivity index (χ3n) is 5.78. The summed E-state index contributed by atoms with van der Waals surface area (Å²) in [6, 6.07) is 17.8. The lowest BCUT2D eigenvalue weighted by Crippen LogP contribution is -2.33. The number of carbonyl (C=O) groups is 2. The number of amides is 2. The number of nitrogens with zero attached hydrogens (tertiary/aromatic N) is 3. The van der Waals surface area contributed by atoms with Crippen molar-refractivity contribution in [2.24, 2.45) is 0 Å². The average Bonchev–Trinajstić information content (AvgIpc) is 3.11. The van der Waals surface area contributed by atoms with Crippen LogP contribution in [0.5, 0.6) is 0 Å². The summed E-state index contributed by atoms with van der Waals surface area (Å²) in [5.41, 5.74) is 2.36. The Morgan fingerprint density at radius 1 is 0.794 bits per heavy atom. The van der Waals surface area contributed by atoms with Gasteiger partial charge in [0.25, 0.3) is 5.56 Å². The first kappa shape index (κ1) is 23.4. The van der Waals surface area contributed by atoms with E-state index < -0.39 is 0 Å². The molecule has 2 heterocycles. The Bertz CT molecular complexity index is 1170. The molecule has 1 saturated heterocycles. The summed E-state index contributed by atoms with van der Waals surface area (Å²) in [4.78, 5) is 43.7. The first-order chi connectivity index (χ1) is 16.6. The fourth-order valence-corrected chi connectivity index (χ4v) is 4.00. The third-order valence-corrected chi connectivity index (χ3v) is 5.78. The van der Waals surface area contributed by atoms with Crippen LogP contribution in [-0.2, 0) is 16.1 Å². The van der Waals surface area contributed by atoms with Crippen LogP contribution in [0, 0.1) is 0 Å². The minimum absolute atomic E-state index is 0.0375. The van der Waals surface area contributed by atoms with Crippen molar-refractivity contribution in [3.8, 4) is 11.3 Å². The maximum atomic E-state index is 12.4. The van der Waals surface area contributed by atoms with Gasteiger partial charge in [0.1, 0.15) is 6.54 Å². The van der Waals surface area contributed by atoms with Crippen molar-refractivity contribution in [3.63, 3.8) is 0 Å². The second-order valence-electron chi connectivity index (χ2n) is 8.47. The van der Waals surface area contributed by atoms with Crippen molar-refractivity contribution in [1.29, 1.82) is 0 Å². The van der Waals surface area contributed by atoms with Gasteiger partial charge >= 0.3 is 0 Å². The quantitative estimate of drug-likeness (QED) is 0.565. The van der Waals surface area contributed by atoms with Gasteiger partial charge in [-0.2, -0.15) is 0 Å². The minimum Gasteiger partial charge on any atom is -0.325 e. The number of hydrogen-bond donors (Lipinski definition) is 2. The van der Waals surface area contributed by atoms with E-state index in [-0.39, 0.29) is 23.9 Å². The van der Waals surface area contributed by atoms with Crippen molar-refractivity contribution in [3.05, 3.63) is 77.3 Å². The van der Waals surface area contributed by atoms with Gasteiger partial charge in [-0.15, -0.1) is 0 Å². The van der Waals surface area contributed by atoms with Crippen molar-refractivity contribution in [1.82, 2.24) is 14.5 Å². The molecule has 1 aliphatic heterocycles. The number of nitrogens with one attached hydrogen (secondary N) is 2. The predicted octanol–water partition coefficient (Wildman–Crippen LogP) is 3.36. The van der Waals surface area contributed by atoms with Gasteiger partial charge in [-0.05, 0) is 50.2 Å². The van der Waals surface area contributed by atoms with Crippen LogP contribution in [0.2, 0.25) is 0 Å². The van der Waals surface area contributed by atoms with E-state index in [1.165, 1.54) is 29.8 Å². The number of hydrogen-bond acceptors (Lipinski definition) is 5. The summed E-state index contributed by atoms with van der Waals surface area (Å²) >= 11 is 0. The largest absolute Gasteiger partial charge is 0.325 e. The summed E-state index contributed by atoms with van der Waals surface area (Å²) in [6.45, 7) is 2.18. The Hall–Kier alpha value is -3.78. The van der Waals surface area contributed by atoms with E-state index in [2.05, 4.69) is 20.5 Å². The molecule has 1 aromatic heterocycles. The number of anilines is 2. The van der Waals surface area contributed by atoms with Crippen LogP contribution in [0.4, 0.5) is 11.4 Å². The molecule has 34 heavy (non-hydrogen) atoms. The molecule has 0 spiro atoms. The van der Waals surface area contributed by atoms with Crippen LogP contribution in [0.15, 0.2) is 71.8 Å². The smallest absolute Gasteiger partial charge is 0.254 e. The number of likely N-dealkylation sites (tertiary alicyclic amines) is 1. The maximum absolute atomic E-state index is 12.4. The molecule has 1 fully saturated rings. The van der Waals surface area contributed by atoms with Gasteiger partial charge in [-0.1, -0.05) is 43.2 Å². The lowest BCUT2D eigenvalue weighted by molar-refractivity contribution is -0.117. The van der Waals surface area contributed by atoms with Crippen molar-refractivity contribution < 1.29 is 9.59 Å². The zero-order valence-corrected chi connectivity index (χ0v) is 19.1. The summed E-state index contributed by atoms with van der Waals surface area (Å²) in [6.07, 6.45) is 6.13. The zero-order chi connectivity index (χ0) is 23.8. The van der Waals surface area contributed by atoms with Crippen LogP contribution in [0.25, 0.3) is 11.3 Å². The fourth-order valence-electron chi connectivity index (χ4n) is 4.00. The van der Waals surface area contributed by atoms with Gasteiger partial charge in [0.05, 0.1) is 18.6 Å². The first-order valence-corrected chi connectivity index (χ1v) is 11.6. The lowest BCUT2D eigenvalue weighted by atomic mass is 10.1. The number of aromatic nitrogens is 2. The van der Waals surface area contributed by atoms with Crippen LogP contribution in [0.1, 0.15) is 25.7 Å². The number of rotatable bonds is 7. The Morgan fingerprint density at radius 2 is 1.38 bits per heavy atom. The molecule has 2 aromatic carbocycles. The highest BCUT2D eigenvalue weighted by Crippen LogP contribution is 2.15. The summed E-state index contributed by atoms with van der Waals surface area (Å²) < 4.78 is 1.26. The van der Waals surface area contributed by atoms with Gasteiger partial charge in [0.2, 0.25) is 11.8 Å². The molecule has 3 aromatic rings. The van der Waals surface area contributed by atoms with Crippen LogP contribution >= 0.6 is 0 Å². The minimum atomic E-state index is -0.339. The molecule has 0 saturated carbocycles. The highest BCUT2D eigenvalue weighted by Gasteiger charge is 2.13. The fraction of sp³-hybridized carbons (Fsp3) is 0.308. The van der Waals surface area contributed by atoms with E-state index in [9.17, 15) is 14.4 Å².